The van der Waals surface area contributed by atoms with E-state index in [0.717, 1.165) is 0 Å². The Balaban J connectivity index is 0. The second-order valence-electron chi connectivity index (χ2n) is 1.06. The van der Waals surface area contributed by atoms with Crippen molar-refractivity contribution in [2.75, 3.05) is 0 Å². The Morgan fingerprint density at radius 3 is 2.00 bits per heavy atom. The standard InChI is InChI=1S/C4H9Te.Li/c1-2-3-4-5;/h2-4H2,1H3;/q;+1. The van der Waals surface area contributed by atoms with E-state index in [0.29, 0.717) is 0 Å². The second-order valence-corrected chi connectivity index (χ2v) is 2.22. The molecule has 0 aromatic heterocycles. The predicted octanol–water partition coefficient (Wildman–Crippen LogP) is -1.62. The third kappa shape index (κ3) is 9.04. The van der Waals surface area contributed by atoms with E-state index in [1.807, 2.05) is 0 Å². The van der Waals surface area contributed by atoms with Gasteiger partial charge in [-0.25, -0.2) is 0 Å². The molecule has 0 spiro atoms. The molecule has 0 fully saturated rings. The van der Waals surface area contributed by atoms with Gasteiger partial charge >= 0.3 is 65.4 Å². The van der Waals surface area contributed by atoms with Gasteiger partial charge in [0.2, 0.25) is 0 Å². The van der Waals surface area contributed by atoms with Crippen molar-refractivity contribution in [2.24, 2.45) is 0 Å². The van der Waals surface area contributed by atoms with E-state index in [4.69, 9.17) is 0 Å². The number of hydrogen-bond acceptors (Lipinski definition) is 0. The quantitative estimate of drug-likeness (QED) is 0.461. The van der Waals surface area contributed by atoms with Crippen molar-refractivity contribution in [1.82, 2.24) is 0 Å². The molecular formula is C4H9LiTe+. The number of unbranched alkanes of at least 4 members (excludes halogenated alkanes) is 1. The van der Waals surface area contributed by atoms with E-state index in [9.17, 15) is 0 Å². The zero-order chi connectivity index (χ0) is 4.12. The van der Waals surface area contributed by atoms with Crippen LogP contribution in [0.25, 0.3) is 0 Å². The van der Waals surface area contributed by atoms with Gasteiger partial charge < -0.3 is 0 Å². The molecule has 0 atom stereocenters. The number of hydrogen-bond donors (Lipinski definition) is 0. The van der Waals surface area contributed by atoms with Gasteiger partial charge in [-0.1, -0.05) is 0 Å². The summed E-state index contributed by atoms with van der Waals surface area (Å²) in [6.07, 6.45) is 2.74. The Morgan fingerprint density at radius 1 is 1.50 bits per heavy atom. The van der Waals surface area contributed by atoms with Crippen LogP contribution in [0.1, 0.15) is 19.8 Å². The first-order chi connectivity index (χ1) is 2.41. The van der Waals surface area contributed by atoms with Crippen LogP contribution in [0.15, 0.2) is 0 Å². The van der Waals surface area contributed by atoms with Crippen molar-refractivity contribution in [3.05, 3.63) is 0 Å². The summed E-state index contributed by atoms with van der Waals surface area (Å²) in [5.41, 5.74) is 0. The smallest absolute Gasteiger partial charge is 1.00 e. The molecule has 0 saturated carbocycles. The maximum Gasteiger partial charge on any atom is 1.00 e. The van der Waals surface area contributed by atoms with Crippen LogP contribution in [0.4, 0.5) is 0 Å². The second kappa shape index (κ2) is 9.63. The molecule has 0 rings (SSSR count). The van der Waals surface area contributed by atoms with Crippen LogP contribution in [0.5, 0.6) is 0 Å². The Labute approximate surface area is 65.2 Å². The van der Waals surface area contributed by atoms with Gasteiger partial charge in [0.15, 0.2) is 0 Å². The minimum absolute atomic E-state index is 0. The van der Waals surface area contributed by atoms with Gasteiger partial charge in [-0.05, 0) is 0 Å². The van der Waals surface area contributed by atoms with E-state index in [1.165, 1.54) is 17.3 Å². The minimum Gasteiger partial charge on any atom is 1.00 e. The van der Waals surface area contributed by atoms with Gasteiger partial charge in [0.25, 0.3) is 0 Å². The molecule has 0 aliphatic heterocycles. The fourth-order valence-electron chi connectivity index (χ4n) is 0.144. The van der Waals surface area contributed by atoms with Crippen LogP contribution in [0.2, 0.25) is 4.47 Å². The third-order valence-corrected chi connectivity index (χ3v) is 1.32. The van der Waals surface area contributed by atoms with Crippen molar-refractivity contribution in [3.8, 4) is 0 Å². The Kier molecular flexibility index (Phi) is 16.7. The molecule has 0 amide bonds. The molecule has 0 unspecified atom stereocenters. The summed E-state index contributed by atoms with van der Waals surface area (Å²) in [6.45, 7) is 2.21. The molecule has 2 heteroatoms. The molecule has 0 aliphatic carbocycles. The van der Waals surface area contributed by atoms with Gasteiger partial charge in [0, 0.05) is 0 Å². The fourth-order valence-corrected chi connectivity index (χ4v) is 0.968. The molecule has 0 aliphatic rings. The van der Waals surface area contributed by atoms with Crippen molar-refractivity contribution < 1.29 is 18.9 Å². The summed E-state index contributed by atoms with van der Waals surface area (Å²) in [5, 5.41) is 0. The largest absolute Gasteiger partial charge is 1.00 e. The van der Waals surface area contributed by atoms with Crippen molar-refractivity contribution in [1.29, 1.82) is 0 Å². The van der Waals surface area contributed by atoms with Crippen molar-refractivity contribution in [3.63, 3.8) is 0 Å². The molecule has 0 aromatic rings. The Bertz CT molecular complexity index is 15.0. The van der Waals surface area contributed by atoms with Crippen LogP contribution in [0, 0.1) is 0 Å². The summed E-state index contributed by atoms with van der Waals surface area (Å²) in [7, 11) is 0. The molecule has 0 aromatic carbocycles. The van der Waals surface area contributed by atoms with Gasteiger partial charge in [0.05, 0.1) is 0 Å². The number of rotatable bonds is 2. The minimum atomic E-state index is 0. The summed E-state index contributed by atoms with van der Waals surface area (Å²) in [6, 6.07) is 0. The first-order valence-electron chi connectivity index (χ1n) is 2.00. The molecule has 6 heavy (non-hydrogen) atoms. The van der Waals surface area contributed by atoms with E-state index in [2.05, 4.69) is 29.2 Å². The maximum atomic E-state index is 2.21. The fraction of sp³-hybridized carbons (Fsp3) is 1.00. The zero-order valence-electron chi connectivity index (χ0n) is 4.53. The molecule has 31 valence electrons. The zero-order valence-corrected chi connectivity index (χ0v) is 6.86. The van der Waals surface area contributed by atoms with Crippen LogP contribution in [-0.4, -0.2) is 22.3 Å². The molecule has 0 saturated heterocycles. The monoisotopic (exact) mass is 194 g/mol. The van der Waals surface area contributed by atoms with Gasteiger partial charge in [-0.15, -0.1) is 0 Å². The summed E-state index contributed by atoms with van der Waals surface area (Å²) < 4.78 is 1.35. The SMILES string of the molecule is CCCC[Te].[Li+]. The normalized spacial score (nSPS) is 7.00. The van der Waals surface area contributed by atoms with E-state index < -0.39 is 0 Å². The maximum absolute atomic E-state index is 2.21. The predicted molar refractivity (Wildman–Crippen MR) is 25.5 cm³/mol. The van der Waals surface area contributed by atoms with Crippen molar-refractivity contribution in [2.45, 2.75) is 24.2 Å². The first kappa shape index (κ1) is 10.4. The van der Waals surface area contributed by atoms with Crippen LogP contribution >= 0.6 is 0 Å². The van der Waals surface area contributed by atoms with Crippen LogP contribution in [-0.2, 0) is 0 Å². The molecular weight excluding hydrogens is 183 g/mol. The summed E-state index contributed by atoms with van der Waals surface area (Å²) in [5.74, 6) is 0. The Hall–Kier alpha value is 1.39. The third-order valence-electron chi connectivity index (χ3n) is 0.498. The van der Waals surface area contributed by atoms with Gasteiger partial charge in [0.1, 0.15) is 0 Å². The average Bonchev–Trinajstić information content (AvgIpc) is 1.41. The Morgan fingerprint density at radius 2 is 2.00 bits per heavy atom. The van der Waals surface area contributed by atoms with E-state index in [-0.39, 0.29) is 18.9 Å². The van der Waals surface area contributed by atoms with Gasteiger partial charge in [-0.3, -0.25) is 0 Å². The first-order valence-corrected chi connectivity index (χ1v) is 3.64. The molecule has 0 bridgehead atoms. The average molecular weight is 192 g/mol. The van der Waals surface area contributed by atoms with Crippen LogP contribution in [0.3, 0.4) is 0 Å². The molecule has 0 nitrogen and oxygen atoms in total. The molecule has 0 heterocycles. The molecule has 0 N–H and O–H groups in total. The van der Waals surface area contributed by atoms with Gasteiger partial charge in [-0.2, -0.15) is 0 Å². The van der Waals surface area contributed by atoms with E-state index >= 15 is 0 Å². The van der Waals surface area contributed by atoms with Crippen molar-refractivity contribution >= 4 is 22.3 Å². The molecule has 1 radical (unpaired) electrons. The topological polar surface area (TPSA) is 0 Å². The summed E-state index contributed by atoms with van der Waals surface area (Å²) in [4.78, 5) is 0. The van der Waals surface area contributed by atoms with E-state index in [1.54, 1.807) is 0 Å². The van der Waals surface area contributed by atoms with Crippen LogP contribution < -0.4 is 18.9 Å². The summed E-state index contributed by atoms with van der Waals surface area (Å²) >= 11 is 2.15.